The first-order valence-electron chi connectivity index (χ1n) is 2.61. The summed E-state index contributed by atoms with van der Waals surface area (Å²) in [6.07, 6.45) is 3.32. The van der Waals surface area contributed by atoms with Crippen molar-refractivity contribution >= 4 is 21.4 Å². The lowest BCUT2D eigenvalue weighted by Crippen LogP contribution is -2.03. The molecule has 0 aliphatic heterocycles. The molecule has 0 N–H and O–H groups in total. The Morgan fingerprint density at radius 2 is 2.27 bits per heavy atom. The fourth-order valence-corrected chi connectivity index (χ4v) is 1.12. The molecule has 0 saturated heterocycles. The summed E-state index contributed by atoms with van der Waals surface area (Å²) in [5, 5.41) is -0.231. The molecule has 0 atom stereocenters. The van der Waals surface area contributed by atoms with E-state index in [1.54, 1.807) is 0 Å². The standard InChI is InChI=1S/C5H4ClN2O2S/c1-11(9,10)5-7-3-2-4(6)8-5/h2H,1H3. The van der Waals surface area contributed by atoms with E-state index >= 15 is 0 Å². The van der Waals surface area contributed by atoms with E-state index in [2.05, 4.69) is 16.2 Å². The van der Waals surface area contributed by atoms with Crippen molar-refractivity contribution in [2.45, 2.75) is 5.16 Å². The summed E-state index contributed by atoms with van der Waals surface area (Å²) in [5.74, 6) is 0. The Morgan fingerprint density at radius 1 is 1.64 bits per heavy atom. The number of halogens is 1. The van der Waals surface area contributed by atoms with Crippen LogP contribution < -0.4 is 0 Å². The first-order chi connectivity index (χ1) is 5.00. The Labute approximate surface area is 69.2 Å². The van der Waals surface area contributed by atoms with Gasteiger partial charge in [0, 0.05) is 12.3 Å². The summed E-state index contributed by atoms with van der Waals surface area (Å²) in [7, 11) is -3.36. The molecule has 1 heterocycles. The third kappa shape index (κ3) is 2.13. The average molecular weight is 192 g/mol. The Hall–Kier alpha value is -0.680. The minimum atomic E-state index is -3.36. The predicted molar refractivity (Wildman–Crippen MR) is 39.0 cm³/mol. The van der Waals surface area contributed by atoms with Crippen LogP contribution in [0.5, 0.6) is 0 Å². The number of aromatic nitrogens is 2. The molecule has 0 aliphatic carbocycles. The van der Waals surface area contributed by atoms with E-state index in [-0.39, 0.29) is 10.3 Å². The number of hydrogen-bond acceptors (Lipinski definition) is 4. The lowest BCUT2D eigenvalue weighted by molar-refractivity contribution is 0.593. The van der Waals surface area contributed by atoms with Gasteiger partial charge in [-0.25, -0.2) is 18.4 Å². The van der Waals surface area contributed by atoms with Crippen molar-refractivity contribution in [3.63, 3.8) is 0 Å². The molecular weight excluding hydrogens is 188 g/mol. The summed E-state index contributed by atoms with van der Waals surface area (Å²) in [6.45, 7) is 0. The van der Waals surface area contributed by atoms with E-state index in [1.165, 1.54) is 6.07 Å². The molecule has 0 amide bonds. The molecule has 0 aliphatic rings. The fourth-order valence-electron chi connectivity index (χ4n) is 0.455. The zero-order valence-corrected chi connectivity index (χ0v) is 7.15. The summed E-state index contributed by atoms with van der Waals surface area (Å²) < 4.78 is 21.6. The molecule has 1 aromatic rings. The van der Waals surface area contributed by atoms with Gasteiger partial charge in [0.05, 0.1) is 6.20 Å². The quantitative estimate of drug-likeness (QED) is 0.474. The van der Waals surface area contributed by atoms with Crippen LogP contribution in [0, 0.1) is 6.20 Å². The van der Waals surface area contributed by atoms with E-state index in [4.69, 9.17) is 11.6 Å². The molecule has 0 aromatic carbocycles. The van der Waals surface area contributed by atoms with Gasteiger partial charge in [0.1, 0.15) is 5.15 Å². The summed E-state index contributed by atoms with van der Waals surface area (Å²) in [4.78, 5) is 6.88. The van der Waals surface area contributed by atoms with Gasteiger partial charge in [0.15, 0.2) is 0 Å². The van der Waals surface area contributed by atoms with Crippen LogP contribution in [0.1, 0.15) is 0 Å². The van der Waals surface area contributed by atoms with Crippen LogP contribution in [-0.4, -0.2) is 24.6 Å². The van der Waals surface area contributed by atoms with Crippen molar-refractivity contribution < 1.29 is 8.42 Å². The van der Waals surface area contributed by atoms with Crippen LogP contribution in [0.25, 0.3) is 0 Å². The van der Waals surface area contributed by atoms with Crippen LogP contribution in [0.3, 0.4) is 0 Å². The second-order valence-electron chi connectivity index (χ2n) is 1.87. The molecule has 1 aromatic heterocycles. The first-order valence-corrected chi connectivity index (χ1v) is 4.88. The van der Waals surface area contributed by atoms with E-state index in [1.807, 2.05) is 0 Å². The maximum atomic E-state index is 10.8. The molecule has 0 unspecified atom stereocenters. The molecule has 0 saturated carbocycles. The molecule has 0 bridgehead atoms. The number of rotatable bonds is 1. The smallest absolute Gasteiger partial charge is 0.221 e. The SMILES string of the molecule is CS(=O)(=O)c1n[c]cc(Cl)n1. The van der Waals surface area contributed by atoms with E-state index < -0.39 is 9.84 Å². The third-order valence-electron chi connectivity index (χ3n) is 0.878. The second kappa shape index (κ2) is 2.75. The van der Waals surface area contributed by atoms with Crippen LogP contribution in [0.2, 0.25) is 5.15 Å². The second-order valence-corrected chi connectivity index (χ2v) is 4.17. The maximum Gasteiger partial charge on any atom is 0.248 e. The lowest BCUT2D eigenvalue weighted by atomic mass is 10.7. The van der Waals surface area contributed by atoms with Gasteiger partial charge in [0.25, 0.3) is 0 Å². The lowest BCUT2D eigenvalue weighted by Gasteiger charge is -1.93. The predicted octanol–water partition coefficient (Wildman–Crippen LogP) is 0.334. The molecule has 0 spiro atoms. The van der Waals surface area contributed by atoms with Gasteiger partial charge in [0.2, 0.25) is 15.0 Å². The summed E-state index contributed by atoms with van der Waals surface area (Å²) in [5.41, 5.74) is 0. The van der Waals surface area contributed by atoms with Crippen molar-refractivity contribution in [3.05, 3.63) is 17.4 Å². The molecule has 11 heavy (non-hydrogen) atoms. The van der Waals surface area contributed by atoms with Crippen molar-refractivity contribution in [2.24, 2.45) is 0 Å². The summed E-state index contributed by atoms with van der Waals surface area (Å²) >= 11 is 5.40. The largest absolute Gasteiger partial charge is 0.248 e. The zero-order chi connectivity index (χ0) is 8.48. The molecule has 0 fully saturated rings. The number of sulfone groups is 1. The highest BCUT2D eigenvalue weighted by Crippen LogP contribution is 2.05. The van der Waals surface area contributed by atoms with Gasteiger partial charge in [-0.1, -0.05) is 11.6 Å². The van der Waals surface area contributed by atoms with Gasteiger partial charge >= 0.3 is 0 Å². The number of nitrogens with zero attached hydrogens (tertiary/aromatic N) is 2. The fraction of sp³-hybridized carbons (Fsp3) is 0.200. The zero-order valence-electron chi connectivity index (χ0n) is 5.57. The van der Waals surface area contributed by atoms with Crippen LogP contribution in [0.15, 0.2) is 11.2 Å². The average Bonchev–Trinajstić information content (AvgIpc) is 1.86. The highest BCUT2D eigenvalue weighted by atomic mass is 35.5. The van der Waals surface area contributed by atoms with Crippen molar-refractivity contribution in [1.29, 1.82) is 0 Å². The normalized spacial score (nSPS) is 11.5. The van der Waals surface area contributed by atoms with Crippen LogP contribution in [-0.2, 0) is 9.84 Å². The molecule has 1 rings (SSSR count). The molecular formula is C5H4ClN2O2S. The topological polar surface area (TPSA) is 59.9 Å². The van der Waals surface area contributed by atoms with Crippen molar-refractivity contribution in [3.8, 4) is 0 Å². The van der Waals surface area contributed by atoms with E-state index in [0.717, 1.165) is 6.26 Å². The monoisotopic (exact) mass is 191 g/mol. The highest BCUT2D eigenvalue weighted by molar-refractivity contribution is 7.90. The Morgan fingerprint density at radius 3 is 2.64 bits per heavy atom. The first kappa shape index (κ1) is 8.42. The van der Waals surface area contributed by atoms with Crippen LogP contribution >= 0.6 is 11.6 Å². The molecule has 4 nitrogen and oxygen atoms in total. The highest BCUT2D eigenvalue weighted by Gasteiger charge is 2.10. The van der Waals surface area contributed by atoms with Crippen molar-refractivity contribution in [2.75, 3.05) is 6.26 Å². The summed E-state index contributed by atoms with van der Waals surface area (Å²) in [6, 6.07) is 1.29. The minimum absolute atomic E-state index is 0.0698. The Bertz CT molecular complexity index is 363. The van der Waals surface area contributed by atoms with Crippen LogP contribution in [0.4, 0.5) is 0 Å². The minimum Gasteiger partial charge on any atom is -0.221 e. The van der Waals surface area contributed by atoms with E-state index in [0.29, 0.717) is 0 Å². The van der Waals surface area contributed by atoms with Gasteiger partial charge in [-0.15, -0.1) is 0 Å². The number of hydrogen-bond donors (Lipinski definition) is 0. The molecule has 6 heteroatoms. The van der Waals surface area contributed by atoms with Gasteiger partial charge in [-0.05, 0) is 0 Å². The Kier molecular flexibility index (Phi) is 2.10. The third-order valence-corrected chi connectivity index (χ3v) is 1.92. The van der Waals surface area contributed by atoms with Gasteiger partial charge in [-0.3, -0.25) is 0 Å². The molecule has 59 valence electrons. The molecule has 1 radical (unpaired) electrons. The maximum absolute atomic E-state index is 10.8. The Balaban J connectivity index is 3.28. The van der Waals surface area contributed by atoms with Gasteiger partial charge < -0.3 is 0 Å². The van der Waals surface area contributed by atoms with Crippen molar-refractivity contribution in [1.82, 2.24) is 9.97 Å². The van der Waals surface area contributed by atoms with Gasteiger partial charge in [-0.2, -0.15) is 0 Å². The van der Waals surface area contributed by atoms with E-state index in [9.17, 15) is 8.42 Å².